The van der Waals surface area contributed by atoms with Crippen LogP contribution in [0, 0.1) is 5.41 Å². The highest BCUT2D eigenvalue weighted by Crippen LogP contribution is 2.43. The predicted octanol–water partition coefficient (Wildman–Crippen LogP) is 0.993. The highest BCUT2D eigenvalue weighted by atomic mass is 127. The van der Waals surface area contributed by atoms with Gasteiger partial charge in [-0.2, -0.15) is 0 Å². The highest BCUT2D eigenvalue weighted by molar-refractivity contribution is 7.13. The molecule has 0 aliphatic carbocycles. The number of thiazole rings is 1. The lowest BCUT2D eigenvalue weighted by Gasteiger charge is -2.52. The molecule has 4 heterocycles. The molecule has 5 nitrogen and oxygen atoms in total. The van der Waals surface area contributed by atoms with Crippen LogP contribution in [0.25, 0.3) is 10.4 Å². The zero-order valence-corrected chi connectivity index (χ0v) is 17.9. The number of halogens is 1. The molecule has 0 atom stereocenters. The van der Waals surface area contributed by atoms with E-state index in [0.717, 1.165) is 29.7 Å². The Hall–Kier alpha value is -1.19. The van der Waals surface area contributed by atoms with Gasteiger partial charge in [-0.15, -0.1) is 11.3 Å². The summed E-state index contributed by atoms with van der Waals surface area (Å²) in [6.45, 7) is 4.13. The Bertz CT molecular complexity index is 741. The quantitative estimate of drug-likeness (QED) is 0.520. The summed E-state index contributed by atoms with van der Waals surface area (Å²) in [5.41, 5.74) is 2.99. The molecule has 0 unspecified atom stereocenters. The first-order chi connectivity index (χ1) is 12.1. The number of nitrogens with zero attached hydrogens (tertiary/aromatic N) is 2. The van der Waals surface area contributed by atoms with Gasteiger partial charge in [0.1, 0.15) is 0 Å². The third-order valence-corrected chi connectivity index (χ3v) is 6.75. The van der Waals surface area contributed by atoms with E-state index in [1.54, 1.807) is 5.51 Å². The number of rotatable bonds is 4. The van der Waals surface area contributed by atoms with E-state index in [1.165, 1.54) is 35.5 Å². The Morgan fingerprint density at radius 1 is 1.23 bits per heavy atom. The molecule has 1 aromatic heterocycles. The minimum atomic E-state index is -0.397. The van der Waals surface area contributed by atoms with Gasteiger partial charge in [0.2, 0.25) is 0 Å². The minimum absolute atomic E-state index is 0. The van der Waals surface area contributed by atoms with Gasteiger partial charge >= 0.3 is 6.09 Å². The molecule has 0 saturated carbocycles. The van der Waals surface area contributed by atoms with Crippen LogP contribution in [0.3, 0.4) is 0 Å². The lowest BCUT2D eigenvalue weighted by molar-refractivity contribution is -0.927. The van der Waals surface area contributed by atoms with E-state index in [0.29, 0.717) is 12.4 Å². The Kier molecular flexibility index (Phi) is 5.88. The van der Waals surface area contributed by atoms with Crippen LogP contribution in [0.2, 0.25) is 0 Å². The van der Waals surface area contributed by atoms with Crippen LogP contribution >= 0.6 is 11.3 Å². The second kappa shape index (κ2) is 7.82. The van der Waals surface area contributed by atoms with E-state index in [9.17, 15) is 4.79 Å². The number of fused-ring (bicyclic) bond motifs is 3. The Morgan fingerprint density at radius 2 is 1.88 bits per heavy atom. The third kappa shape index (κ3) is 4.04. The van der Waals surface area contributed by atoms with Crippen molar-refractivity contribution in [3.63, 3.8) is 0 Å². The SMILES string of the molecule is C[N+]12CCC(COC(=O)Nc3ncsc3-c3ccccc3)(CC1)CC2.[I-]. The number of amides is 1. The van der Waals surface area contributed by atoms with Crippen molar-refractivity contribution in [2.75, 3.05) is 38.6 Å². The van der Waals surface area contributed by atoms with E-state index in [2.05, 4.69) is 17.3 Å². The van der Waals surface area contributed by atoms with Crippen molar-refractivity contribution in [2.24, 2.45) is 5.41 Å². The molecule has 3 aliphatic heterocycles. The molecule has 3 aliphatic rings. The summed E-state index contributed by atoms with van der Waals surface area (Å²) in [4.78, 5) is 17.5. The average Bonchev–Trinajstić information content (AvgIpc) is 3.10. The molecule has 1 N–H and O–H groups in total. The zero-order valence-electron chi connectivity index (χ0n) is 14.9. The van der Waals surface area contributed by atoms with Crippen LogP contribution in [0.4, 0.5) is 10.6 Å². The monoisotopic (exact) mass is 485 g/mol. The van der Waals surface area contributed by atoms with Gasteiger partial charge in [-0.25, -0.2) is 9.78 Å². The first-order valence-corrected chi connectivity index (χ1v) is 9.72. The zero-order chi connectivity index (χ0) is 17.3. The summed E-state index contributed by atoms with van der Waals surface area (Å²) in [7, 11) is 2.34. The van der Waals surface area contributed by atoms with Crippen molar-refractivity contribution >= 4 is 23.2 Å². The molecule has 26 heavy (non-hydrogen) atoms. The number of aromatic nitrogens is 1. The first-order valence-electron chi connectivity index (χ1n) is 8.84. The van der Waals surface area contributed by atoms with Gasteiger partial charge in [0, 0.05) is 24.7 Å². The number of hydrogen-bond donors (Lipinski definition) is 1. The maximum absolute atomic E-state index is 12.3. The number of nitrogens with one attached hydrogen (secondary N) is 1. The van der Waals surface area contributed by atoms with E-state index in [4.69, 9.17) is 4.74 Å². The number of piperidine rings is 3. The molecule has 3 saturated heterocycles. The summed E-state index contributed by atoms with van der Waals surface area (Å²) < 4.78 is 6.79. The molecule has 140 valence electrons. The van der Waals surface area contributed by atoms with Gasteiger partial charge in [-0.1, -0.05) is 30.3 Å². The van der Waals surface area contributed by atoms with Crippen LogP contribution in [-0.4, -0.2) is 48.8 Å². The Labute approximate surface area is 175 Å². The minimum Gasteiger partial charge on any atom is -1.00 e. The fourth-order valence-electron chi connectivity index (χ4n) is 3.93. The van der Waals surface area contributed by atoms with Crippen LogP contribution in [0.1, 0.15) is 19.3 Å². The molecule has 3 fully saturated rings. The van der Waals surface area contributed by atoms with Crippen LogP contribution in [0.5, 0.6) is 0 Å². The van der Waals surface area contributed by atoms with E-state index in [1.807, 2.05) is 30.3 Å². The van der Waals surface area contributed by atoms with Gasteiger partial charge < -0.3 is 33.2 Å². The summed E-state index contributed by atoms with van der Waals surface area (Å²) >= 11 is 1.52. The van der Waals surface area contributed by atoms with Crippen LogP contribution in [-0.2, 0) is 4.74 Å². The van der Waals surface area contributed by atoms with Gasteiger partial charge in [-0.05, 0) is 5.56 Å². The molecule has 5 rings (SSSR count). The standard InChI is InChI=1S/C19H23N3O2S.HI/c1-22-10-7-19(8-11-22,9-12-22)13-24-18(23)21-17-16(25-14-20-17)15-5-3-2-4-6-15;/h2-6,14H,7-13H2,1H3;1H. The van der Waals surface area contributed by atoms with Crippen LogP contribution < -0.4 is 29.3 Å². The molecule has 7 heteroatoms. The number of carbonyl (C=O) groups is 1. The third-order valence-electron chi connectivity index (χ3n) is 5.88. The maximum Gasteiger partial charge on any atom is 0.412 e. The molecular weight excluding hydrogens is 461 g/mol. The predicted molar refractivity (Wildman–Crippen MR) is 99.6 cm³/mol. The highest BCUT2D eigenvalue weighted by Gasteiger charge is 2.47. The lowest BCUT2D eigenvalue weighted by Crippen LogP contribution is -3.00. The molecule has 2 bridgehead atoms. The smallest absolute Gasteiger partial charge is 0.412 e. The van der Waals surface area contributed by atoms with E-state index in [-0.39, 0.29) is 29.4 Å². The summed E-state index contributed by atoms with van der Waals surface area (Å²) in [6.07, 6.45) is 3.07. The van der Waals surface area contributed by atoms with Crippen molar-refractivity contribution in [1.82, 2.24) is 4.98 Å². The number of quaternary nitrogens is 1. The fourth-order valence-corrected chi connectivity index (χ4v) is 4.68. The number of carbonyl (C=O) groups excluding carboxylic acids is 1. The van der Waals surface area contributed by atoms with Crippen molar-refractivity contribution in [3.05, 3.63) is 35.8 Å². The lowest BCUT2D eigenvalue weighted by atomic mass is 9.71. The van der Waals surface area contributed by atoms with Crippen molar-refractivity contribution < 1.29 is 38.0 Å². The molecule has 0 spiro atoms. The molecule has 0 radical (unpaired) electrons. The Balaban J connectivity index is 0.00000196. The number of hydrogen-bond acceptors (Lipinski definition) is 4. The maximum atomic E-state index is 12.3. The van der Waals surface area contributed by atoms with Crippen molar-refractivity contribution in [1.29, 1.82) is 0 Å². The summed E-state index contributed by atoms with van der Waals surface area (Å²) in [5.74, 6) is 0.579. The number of benzene rings is 1. The molecular formula is C19H24IN3O2S. The van der Waals surface area contributed by atoms with Crippen molar-refractivity contribution in [3.8, 4) is 10.4 Å². The van der Waals surface area contributed by atoms with E-state index < -0.39 is 6.09 Å². The van der Waals surface area contributed by atoms with Crippen molar-refractivity contribution in [2.45, 2.75) is 19.3 Å². The van der Waals surface area contributed by atoms with Crippen LogP contribution in [0.15, 0.2) is 35.8 Å². The van der Waals surface area contributed by atoms with Gasteiger partial charge in [0.25, 0.3) is 0 Å². The number of ether oxygens (including phenoxy) is 1. The largest absolute Gasteiger partial charge is 1.00 e. The number of anilines is 1. The summed E-state index contributed by atoms with van der Waals surface area (Å²) in [6, 6.07) is 9.97. The van der Waals surface area contributed by atoms with Gasteiger partial charge in [-0.3, -0.25) is 5.32 Å². The van der Waals surface area contributed by atoms with Gasteiger partial charge in [0.15, 0.2) is 5.82 Å². The summed E-state index contributed by atoms with van der Waals surface area (Å²) in [5, 5.41) is 2.82. The molecule has 1 aromatic carbocycles. The topological polar surface area (TPSA) is 51.2 Å². The fraction of sp³-hybridized carbons (Fsp3) is 0.474. The van der Waals surface area contributed by atoms with E-state index >= 15 is 0 Å². The molecule has 2 aromatic rings. The van der Waals surface area contributed by atoms with Gasteiger partial charge in [0.05, 0.1) is 43.7 Å². The normalized spacial score (nSPS) is 26.8. The second-order valence-corrected chi connectivity index (χ2v) is 8.49. The molecule has 1 amide bonds. The second-order valence-electron chi connectivity index (χ2n) is 7.64. The Morgan fingerprint density at radius 3 is 2.54 bits per heavy atom. The first kappa shape index (κ1) is 19.6. The average molecular weight is 485 g/mol.